The van der Waals surface area contributed by atoms with Crippen LogP contribution in [0.3, 0.4) is 0 Å². The fourth-order valence-corrected chi connectivity index (χ4v) is 3.17. The Labute approximate surface area is 99.0 Å². The molecule has 0 aromatic carbocycles. The number of hydrogen-bond acceptors (Lipinski definition) is 3. The van der Waals surface area contributed by atoms with Gasteiger partial charge < -0.3 is 5.73 Å². The summed E-state index contributed by atoms with van der Waals surface area (Å²) in [5.74, 6) is 2.12. The zero-order chi connectivity index (χ0) is 11.3. The molecule has 0 heterocycles. The lowest BCUT2D eigenvalue weighted by atomic mass is 9.93. The minimum Gasteiger partial charge on any atom is -0.329 e. The maximum absolute atomic E-state index is 6.01. The predicted molar refractivity (Wildman–Crippen MR) is 70.4 cm³/mol. The molecule has 0 aromatic rings. The lowest BCUT2D eigenvalue weighted by Gasteiger charge is -2.38. The highest BCUT2D eigenvalue weighted by Gasteiger charge is 2.40. The van der Waals surface area contributed by atoms with E-state index in [0.29, 0.717) is 5.54 Å². The molecule has 2 atom stereocenters. The molecular weight excluding hydrogens is 204 g/mol. The zero-order valence-electron chi connectivity index (χ0n) is 10.5. The highest BCUT2D eigenvalue weighted by atomic mass is 32.2. The van der Waals surface area contributed by atoms with Crippen molar-refractivity contribution in [2.75, 3.05) is 32.1 Å². The Morgan fingerprint density at radius 2 is 2.27 bits per heavy atom. The molecule has 0 amide bonds. The lowest BCUT2D eigenvalue weighted by Crippen LogP contribution is -2.51. The fraction of sp³-hybridized carbons (Fsp3) is 1.00. The van der Waals surface area contributed by atoms with Gasteiger partial charge in [0.25, 0.3) is 0 Å². The Kier molecular flexibility index (Phi) is 5.44. The van der Waals surface area contributed by atoms with Crippen molar-refractivity contribution in [1.82, 2.24) is 4.90 Å². The second-order valence-electron chi connectivity index (χ2n) is 4.86. The third kappa shape index (κ3) is 3.11. The van der Waals surface area contributed by atoms with E-state index in [0.717, 1.165) is 12.5 Å². The molecule has 90 valence electrons. The molecule has 1 rings (SSSR count). The summed E-state index contributed by atoms with van der Waals surface area (Å²) in [4.78, 5) is 2.51. The van der Waals surface area contributed by atoms with E-state index in [9.17, 15) is 0 Å². The molecule has 0 aromatic heterocycles. The van der Waals surface area contributed by atoms with Gasteiger partial charge in [-0.05, 0) is 38.5 Å². The summed E-state index contributed by atoms with van der Waals surface area (Å²) in [6.45, 7) is 4.31. The first kappa shape index (κ1) is 13.3. The van der Waals surface area contributed by atoms with Crippen molar-refractivity contribution in [2.45, 2.75) is 38.1 Å². The van der Waals surface area contributed by atoms with Crippen molar-refractivity contribution < 1.29 is 0 Å². The Morgan fingerprint density at radius 1 is 1.53 bits per heavy atom. The average molecular weight is 230 g/mol. The van der Waals surface area contributed by atoms with Crippen LogP contribution in [0.4, 0.5) is 0 Å². The molecule has 15 heavy (non-hydrogen) atoms. The summed E-state index contributed by atoms with van der Waals surface area (Å²) in [6.07, 6.45) is 7.47. The van der Waals surface area contributed by atoms with Crippen molar-refractivity contribution in [1.29, 1.82) is 0 Å². The van der Waals surface area contributed by atoms with Crippen LogP contribution in [0.1, 0.15) is 32.6 Å². The van der Waals surface area contributed by atoms with E-state index in [2.05, 4.69) is 25.1 Å². The number of rotatable bonds is 6. The highest BCUT2D eigenvalue weighted by molar-refractivity contribution is 7.98. The van der Waals surface area contributed by atoms with Crippen LogP contribution in [-0.4, -0.2) is 42.6 Å². The number of likely N-dealkylation sites (N-methyl/N-ethyl adjacent to an activating group) is 1. The van der Waals surface area contributed by atoms with E-state index >= 15 is 0 Å². The number of hydrogen-bond donors (Lipinski definition) is 1. The van der Waals surface area contributed by atoms with Crippen LogP contribution in [0.25, 0.3) is 0 Å². The summed E-state index contributed by atoms with van der Waals surface area (Å²) < 4.78 is 0. The van der Waals surface area contributed by atoms with Gasteiger partial charge in [0, 0.05) is 24.4 Å². The van der Waals surface area contributed by atoms with Crippen LogP contribution in [0, 0.1) is 5.92 Å². The van der Waals surface area contributed by atoms with Gasteiger partial charge in [-0.15, -0.1) is 0 Å². The summed E-state index contributed by atoms with van der Waals surface area (Å²) in [7, 11) is 2.25. The van der Waals surface area contributed by atoms with Crippen LogP contribution >= 0.6 is 11.8 Å². The first-order chi connectivity index (χ1) is 7.18. The molecule has 3 heteroatoms. The van der Waals surface area contributed by atoms with Gasteiger partial charge in [-0.3, -0.25) is 4.90 Å². The molecule has 1 aliphatic rings. The first-order valence-electron chi connectivity index (χ1n) is 6.08. The lowest BCUT2D eigenvalue weighted by molar-refractivity contribution is 0.135. The molecule has 2 N–H and O–H groups in total. The van der Waals surface area contributed by atoms with Crippen LogP contribution < -0.4 is 5.73 Å². The molecule has 1 fully saturated rings. The summed E-state index contributed by atoms with van der Waals surface area (Å²) >= 11 is 1.92. The van der Waals surface area contributed by atoms with Gasteiger partial charge in [-0.2, -0.15) is 11.8 Å². The van der Waals surface area contributed by atoms with Gasteiger partial charge >= 0.3 is 0 Å². The SMILES string of the molecule is CCC1CCC(CN)(N(C)CCSC)C1. The molecule has 0 saturated heterocycles. The number of nitrogens with zero attached hydrogens (tertiary/aromatic N) is 1. The minimum absolute atomic E-state index is 0.316. The topological polar surface area (TPSA) is 29.3 Å². The quantitative estimate of drug-likeness (QED) is 0.758. The molecule has 1 saturated carbocycles. The van der Waals surface area contributed by atoms with Crippen molar-refractivity contribution in [3.8, 4) is 0 Å². The van der Waals surface area contributed by atoms with E-state index in [4.69, 9.17) is 5.73 Å². The van der Waals surface area contributed by atoms with Crippen molar-refractivity contribution in [3.05, 3.63) is 0 Å². The Balaban J connectivity index is 2.53. The van der Waals surface area contributed by atoms with Gasteiger partial charge in [0.15, 0.2) is 0 Å². The highest BCUT2D eigenvalue weighted by Crippen LogP contribution is 2.39. The van der Waals surface area contributed by atoms with Gasteiger partial charge in [0.1, 0.15) is 0 Å². The fourth-order valence-electron chi connectivity index (χ4n) is 2.72. The number of thioether (sulfide) groups is 1. The largest absolute Gasteiger partial charge is 0.329 e. The van der Waals surface area contributed by atoms with Crippen molar-refractivity contribution in [3.63, 3.8) is 0 Å². The van der Waals surface area contributed by atoms with E-state index in [1.54, 1.807) is 0 Å². The normalized spacial score (nSPS) is 31.4. The van der Waals surface area contributed by atoms with Crippen LogP contribution in [-0.2, 0) is 0 Å². The minimum atomic E-state index is 0.316. The van der Waals surface area contributed by atoms with Gasteiger partial charge in [-0.1, -0.05) is 13.3 Å². The Bertz CT molecular complexity index is 186. The van der Waals surface area contributed by atoms with Gasteiger partial charge in [0.2, 0.25) is 0 Å². The molecule has 1 aliphatic carbocycles. The molecule has 2 nitrogen and oxygen atoms in total. The van der Waals surface area contributed by atoms with Crippen LogP contribution in [0.15, 0.2) is 0 Å². The van der Waals surface area contributed by atoms with Gasteiger partial charge in [-0.25, -0.2) is 0 Å². The van der Waals surface area contributed by atoms with E-state index in [1.807, 2.05) is 11.8 Å². The van der Waals surface area contributed by atoms with E-state index in [-0.39, 0.29) is 0 Å². The molecule has 0 radical (unpaired) electrons. The molecule has 0 aliphatic heterocycles. The smallest absolute Gasteiger partial charge is 0.0331 e. The summed E-state index contributed by atoms with van der Waals surface area (Å²) in [6, 6.07) is 0. The maximum Gasteiger partial charge on any atom is 0.0331 e. The molecule has 0 bridgehead atoms. The molecule has 0 spiro atoms. The van der Waals surface area contributed by atoms with E-state index < -0.39 is 0 Å². The second-order valence-corrected chi connectivity index (χ2v) is 5.85. The third-order valence-corrected chi connectivity index (χ3v) is 4.68. The molecule has 2 unspecified atom stereocenters. The summed E-state index contributed by atoms with van der Waals surface area (Å²) in [5.41, 5.74) is 6.33. The summed E-state index contributed by atoms with van der Waals surface area (Å²) in [5, 5.41) is 0. The first-order valence-corrected chi connectivity index (χ1v) is 7.48. The standard InChI is InChI=1S/C12H26N2S/c1-4-11-5-6-12(9-11,10-13)14(2)7-8-15-3/h11H,4-10,13H2,1-3H3. The van der Waals surface area contributed by atoms with E-state index in [1.165, 1.54) is 38.0 Å². The Morgan fingerprint density at radius 3 is 2.73 bits per heavy atom. The maximum atomic E-state index is 6.01. The Hall–Kier alpha value is 0.270. The molecular formula is C12H26N2S. The zero-order valence-corrected chi connectivity index (χ0v) is 11.3. The van der Waals surface area contributed by atoms with Gasteiger partial charge in [0.05, 0.1) is 0 Å². The average Bonchev–Trinajstić information content (AvgIpc) is 2.70. The van der Waals surface area contributed by atoms with Crippen LogP contribution in [0.5, 0.6) is 0 Å². The van der Waals surface area contributed by atoms with Crippen molar-refractivity contribution in [2.24, 2.45) is 11.7 Å². The predicted octanol–water partition coefficient (Wildman–Crippen LogP) is 2.19. The van der Waals surface area contributed by atoms with Crippen molar-refractivity contribution >= 4 is 11.8 Å². The monoisotopic (exact) mass is 230 g/mol. The van der Waals surface area contributed by atoms with Crippen LogP contribution in [0.2, 0.25) is 0 Å². The third-order valence-electron chi connectivity index (χ3n) is 4.08. The number of nitrogens with two attached hydrogens (primary N) is 1. The second kappa shape index (κ2) is 6.12.